The van der Waals surface area contributed by atoms with Crippen molar-refractivity contribution < 1.29 is 5.11 Å². The summed E-state index contributed by atoms with van der Waals surface area (Å²) in [5.74, 6) is -0.294. The Morgan fingerprint density at radius 1 is 1.04 bits per heavy atom. The highest BCUT2D eigenvalue weighted by Gasteiger charge is 2.17. The molecule has 4 rings (SSSR count). The van der Waals surface area contributed by atoms with Crippen molar-refractivity contribution in [2.45, 2.75) is 0 Å². The lowest BCUT2D eigenvalue weighted by molar-refractivity contribution is 0.479. The predicted molar refractivity (Wildman–Crippen MR) is 110 cm³/mol. The number of halogens is 2. The maximum absolute atomic E-state index is 11.8. The number of aromatic amines is 1. The van der Waals surface area contributed by atoms with Crippen molar-refractivity contribution >= 4 is 44.8 Å². The minimum atomic E-state index is -0.594. The lowest BCUT2D eigenvalue weighted by atomic mass is 9.99. The van der Waals surface area contributed by atoms with Gasteiger partial charge in [0.15, 0.2) is 5.56 Å². The third-order valence-electron chi connectivity index (χ3n) is 4.27. The Labute approximate surface area is 167 Å². The van der Waals surface area contributed by atoms with Crippen molar-refractivity contribution in [2.24, 2.45) is 0 Å². The summed E-state index contributed by atoms with van der Waals surface area (Å²) in [5, 5.41) is 22.9. The molecule has 0 saturated carbocycles. The van der Waals surface area contributed by atoms with E-state index in [9.17, 15) is 9.90 Å². The Morgan fingerprint density at radius 3 is 2.33 bits per heavy atom. The van der Waals surface area contributed by atoms with Gasteiger partial charge in [-0.15, -0.1) is 11.3 Å². The summed E-state index contributed by atoms with van der Waals surface area (Å²) in [6.07, 6.45) is 0. The number of aromatic hydroxyl groups is 1. The van der Waals surface area contributed by atoms with E-state index in [0.717, 1.165) is 22.3 Å². The fourth-order valence-corrected chi connectivity index (χ4v) is 4.44. The summed E-state index contributed by atoms with van der Waals surface area (Å²) in [5.41, 5.74) is 2.50. The SMILES string of the molecule is N#Cc1c(O)c2c(-c3ccc(-c4ccc(Cl)cc4Cl)cc3)csc2[nH]c1=O. The minimum Gasteiger partial charge on any atom is -0.506 e. The van der Waals surface area contributed by atoms with E-state index in [1.54, 1.807) is 18.2 Å². The van der Waals surface area contributed by atoms with E-state index < -0.39 is 5.56 Å². The fourth-order valence-electron chi connectivity index (χ4n) is 2.95. The second-order valence-corrected chi connectivity index (χ2v) is 7.57. The van der Waals surface area contributed by atoms with E-state index in [2.05, 4.69) is 4.98 Å². The molecule has 0 saturated heterocycles. The summed E-state index contributed by atoms with van der Waals surface area (Å²) in [6.45, 7) is 0. The van der Waals surface area contributed by atoms with Crippen LogP contribution in [0, 0.1) is 11.3 Å². The number of thiophene rings is 1. The van der Waals surface area contributed by atoms with Crippen LogP contribution < -0.4 is 5.56 Å². The number of pyridine rings is 1. The number of H-pyrrole nitrogens is 1. The molecule has 0 atom stereocenters. The second kappa shape index (κ2) is 6.75. The average molecular weight is 413 g/mol. The molecule has 0 fully saturated rings. The molecule has 0 spiro atoms. The number of hydrogen-bond acceptors (Lipinski definition) is 4. The van der Waals surface area contributed by atoms with Crippen molar-refractivity contribution in [3.8, 4) is 34.1 Å². The van der Waals surface area contributed by atoms with Crippen LogP contribution in [0.2, 0.25) is 10.0 Å². The standard InChI is InChI=1S/C20H10Cl2N2O2S/c21-12-5-6-13(16(22)7-12)10-1-3-11(4-2-10)15-9-27-20-17(15)18(25)14(8-23)19(26)24-20/h1-7,9H,(H2,24,25,26). The van der Waals surface area contributed by atoms with E-state index in [4.69, 9.17) is 28.5 Å². The van der Waals surface area contributed by atoms with Crippen molar-refractivity contribution in [3.63, 3.8) is 0 Å². The molecular weight excluding hydrogens is 403 g/mol. The van der Waals surface area contributed by atoms with Crippen LogP contribution in [0.5, 0.6) is 5.75 Å². The molecule has 0 aliphatic rings. The molecule has 27 heavy (non-hydrogen) atoms. The molecule has 0 unspecified atom stereocenters. The number of rotatable bonds is 2. The summed E-state index contributed by atoms with van der Waals surface area (Å²) >= 11 is 13.5. The second-order valence-electron chi connectivity index (χ2n) is 5.84. The minimum absolute atomic E-state index is 0.285. The van der Waals surface area contributed by atoms with Crippen LogP contribution in [0.25, 0.3) is 32.5 Å². The van der Waals surface area contributed by atoms with E-state index in [-0.39, 0.29) is 11.3 Å². The molecule has 132 valence electrons. The van der Waals surface area contributed by atoms with E-state index in [1.807, 2.05) is 35.7 Å². The van der Waals surface area contributed by atoms with Crippen LogP contribution in [-0.2, 0) is 0 Å². The van der Waals surface area contributed by atoms with E-state index >= 15 is 0 Å². The largest absolute Gasteiger partial charge is 0.506 e. The molecule has 0 amide bonds. The maximum atomic E-state index is 11.8. The number of fused-ring (bicyclic) bond motifs is 1. The van der Waals surface area contributed by atoms with Crippen molar-refractivity contribution in [3.05, 3.63) is 73.8 Å². The molecule has 7 heteroatoms. The van der Waals surface area contributed by atoms with Crippen LogP contribution in [0.15, 0.2) is 52.6 Å². The first-order valence-corrected chi connectivity index (χ1v) is 9.45. The van der Waals surface area contributed by atoms with Crippen molar-refractivity contribution in [1.29, 1.82) is 5.26 Å². The highest BCUT2D eigenvalue weighted by Crippen LogP contribution is 2.39. The first-order valence-electron chi connectivity index (χ1n) is 7.82. The smallest absolute Gasteiger partial charge is 0.270 e. The van der Waals surface area contributed by atoms with Crippen LogP contribution in [0.4, 0.5) is 0 Å². The fraction of sp³-hybridized carbons (Fsp3) is 0. The van der Waals surface area contributed by atoms with Crippen LogP contribution in [-0.4, -0.2) is 10.1 Å². The molecule has 0 bridgehead atoms. The highest BCUT2D eigenvalue weighted by molar-refractivity contribution is 7.17. The molecule has 2 heterocycles. The number of hydrogen-bond donors (Lipinski definition) is 2. The summed E-state index contributed by atoms with van der Waals surface area (Å²) < 4.78 is 0. The Balaban J connectivity index is 1.83. The normalized spacial score (nSPS) is 10.9. The molecule has 2 N–H and O–H groups in total. The first kappa shape index (κ1) is 17.6. The van der Waals surface area contributed by atoms with Gasteiger partial charge in [0.1, 0.15) is 16.6 Å². The Morgan fingerprint density at radius 2 is 1.70 bits per heavy atom. The molecule has 0 aliphatic heterocycles. The van der Waals surface area contributed by atoms with E-state index in [0.29, 0.717) is 20.3 Å². The van der Waals surface area contributed by atoms with Gasteiger partial charge in [-0.1, -0.05) is 53.5 Å². The van der Waals surface area contributed by atoms with Gasteiger partial charge in [-0.25, -0.2) is 0 Å². The van der Waals surface area contributed by atoms with Gasteiger partial charge in [-0.2, -0.15) is 5.26 Å². The van der Waals surface area contributed by atoms with Crippen LogP contribution in [0.1, 0.15) is 5.56 Å². The van der Waals surface area contributed by atoms with Crippen LogP contribution in [0.3, 0.4) is 0 Å². The van der Waals surface area contributed by atoms with Crippen molar-refractivity contribution in [1.82, 2.24) is 4.98 Å². The quantitative estimate of drug-likeness (QED) is 0.436. The van der Waals surface area contributed by atoms with Crippen LogP contribution >= 0.6 is 34.5 Å². The Hall–Kier alpha value is -2.78. The van der Waals surface area contributed by atoms with Gasteiger partial charge in [-0.05, 0) is 23.3 Å². The molecule has 2 aromatic heterocycles. The van der Waals surface area contributed by atoms with Gasteiger partial charge in [0.25, 0.3) is 5.56 Å². The van der Waals surface area contributed by atoms with Gasteiger partial charge in [0.2, 0.25) is 0 Å². The number of aromatic nitrogens is 1. The molecule has 2 aromatic carbocycles. The molecular formula is C20H10Cl2N2O2S. The van der Waals surface area contributed by atoms with Gasteiger partial charge in [0, 0.05) is 26.6 Å². The summed E-state index contributed by atoms with van der Waals surface area (Å²) in [6, 6.07) is 14.7. The third-order valence-corrected chi connectivity index (χ3v) is 5.71. The number of nitriles is 1. The number of benzene rings is 2. The zero-order chi connectivity index (χ0) is 19.1. The maximum Gasteiger partial charge on any atom is 0.270 e. The van der Waals surface area contributed by atoms with Gasteiger partial charge < -0.3 is 10.1 Å². The molecule has 4 aromatic rings. The number of nitrogens with one attached hydrogen (secondary N) is 1. The topological polar surface area (TPSA) is 76.9 Å². The van der Waals surface area contributed by atoms with E-state index in [1.165, 1.54) is 11.3 Å². The highest BCUT2D eigenvalue weighted by atomic mass is 35.5. The Kier molecular flexibility index (Phi) is 4.40. The van der Waals surface area contributed by atoms with Gasteiger partial charge in [-0.3, -0.25) is 4.79 Å². The van der Waals surface area contributed by atoms with Gasteiger partial charge >= 0.3 is 0 Å². The summed E-state index contributed by atoms with van der Waals surface area (Å²) in [4.78, 5) is 15.0. The lowest BCUT2D eigenvalue weighted by Crippen LogP contribution is -2.09. The van der Waals surface area contributed by atoms with Gasteiger partial charge in [0.05, 0.1) is 5.39 Å². The predicted octanol–water partition coefficient (Wildman–Crippen LogP) is 5.81. The molecule has 4 nitrogen and oxygen atoms in total. The molecule has 0 aliphatic carbocycles. The zero-order valence-corrected chi connectivity index (χ0v) is 15.9. The monoisotopic (exact) mass is 412 g/mol. The number of nitrogens with zero attached hydrogens (tertiary/aromatic N) is 1. The molecule has 0 radical (unpaired) electrons. The third kappa shape index (κ3) is 2.98. The Bertz CT molecular complexity index is 1280. The average Bonchev–Trinajstić information content (AvgIpc) is 3.06. The zero-order valence-electron chi connectivity index (χ0n) is 13.6. The summed E-state index contributed by atoms with van der Waals surface area (Å²) in [7, 11) is 0. The first-order chi connectivity index (χ1) is 13.0. The lowest BCUT2D eigenvalue weighted by Gasteiger charge is -2.07. The van der Waals surface area contributed by atoms with Crippen molar-refractivity contribution in [2.75, 3.05) is 0 Å².